The Morgan fingerprint density at radius 1 is 1.17 bits per heavy atom. The third-order valence-corrected chi connectivity index (χ3v) is 6.02. The quantitative estimate of drug-likeness (QED) is 0.851. The summed E-state index contributed by atoms with van der Waals surface area (Å²) in [7, 11) is -2.66. The Labute approximate surface area is 146 Å². The molecule has 5 nitrogen and oxygen atoms in total. The molecule has 2 aromatic carbocycles. The highest BCUT2D eigenvalue weighted by molar-refractivity contribution is 7.89. The summed E-state index contributed by atoms with van der Waals surface area (Å²) in [5, 5.41) is 9.93. The van der Waals surface area contributed by atoms with E-state index in [1.807, 2.05) is 19.1 Å². The lowest BCUT2D eigenvalue weighted by Crippen LogP contribution is -2.43. The second-order valence-electron chi connectivity index (χ2n) is 5.46. The lowest BCUT2D eigenvalue weighted by Gasteiger charge is -2.25. The Kier molecular flexibility index (Phi) is 5.64. The number of carbonyl (C=O) groups is 1. The van der Waals surface area contributed by atoms with E-state index in [0.29, 0.717) is 5.02 Å². The van der Waals surface area contributed by atoms with Crippen LogP contribution in [0.5, 0.6) is 0 Å². The highest BCUT2D eigenvalue weighted by Crippen LogP contribution is 2.21. The smallest absolute Gasteiger partial charge is 0.322 e. The first-order valence-corrected chi connectivity index (χ1v) is 9.06. The van der Waals surface area contributed by atoms with Gasteiger partial charge in [0.25, 0.3) is 0 Å². The van der Waals surface area contributed by atoms with E-state index in [0.717, 1.165) is 15.4 Å². The molecule has 7 heteroatoms. The molecule has 0 amide bonds. The molecule has 0 aromatic heterocycles. The molecular formula is C17H18ClNO4S. The van der Waals surface area contributed by atoms with Crippen LogP contribution in [0.15, 0.2) is 53.4 Å². The van der Waals surface area contributed by atoms with Crippen LogP contribution in [-0.4, -0.2) is 36.9 Å². The molecule has 0 aliphatic rings. The summed E-state index contributed by atoms with van der Waals surface area (Å²) >= 11 is 5.78. The molecule has 2 rings (SSSR count). The maximum absolute atomic E-state index is 12.7. The van der Waals surface area contributed by atoms with Crippen molar-refractivity contribution in [3.8, 4) is 0 Å². The van der Waals surface area contributed by atoms with E-state index in [4.69, 9.17) is 11.6 Å². The fourth-order valence-corrected chi connectivity index (χ4v) is 3.80. The van der Waals surface area contributed by atoms with Gasteiger partial charge in [0.2, 0.25) is 10.0 Å². The minimum Gasteiger partial charge on any atom is -0.480 e. The van der Waals surface area contributed by atoms with Gasteiger partial charge in [-0.2, -0.15) is 4.31 Å². The molecule has 0 saturated heterocycles. The molecule has 1 N–H and O–H groups in total. The summed E-state index contributed by atoms with van der Waals surface area (Å²) in [6, 6.07) is 11.8. The molecule has 0 radical (unpaired) electrons. The lowest BCUT2D eigenvalue weighted by atomic mass is 10.0. The number of hydrogen-bond acceptors (Lipinski definition) is 3. The minimum atomic E-state index is -3.94. The van der Waals surface area contributed by atoms with Gasteiger partial charge >= 0.3 is 5.97 Å². The molecule has 0 saturated carbocycles. The van der Waals surface area contributed by atoms with Crippen molar-refractivity contribution in [1.82, 2.24) is 4.31 Å². The number of halogens is 1. The number of hydrogen-bond donors (Lipinski definition) is 1. The Bertz CT molecular complexity index is 834. The van der Waals surface area contributed by atoms with E-state index in [2.05, 4.69) is 0 Å². The predicted molar refractivity (Wildman–Crippen MR) is 92.7 cm³/mol. The van der Waals surface area contributed by atoms with E-state index in [9.17, 15) is 18.3 Å². The second kappa shape index (κ2) is 7.34. The van der Waals surface area contributed by atoms with Crippen LogP contribution in [0.4, 0.5) is 0 Å². The Morgan fingerprint density at radius 2 is 1.75 bits per heavy atom. The van der Waals surface area contributed by atoms with Crippen molar-refractivity contribution < 1.29 is 18.3 Å². The number of nitrogens with zero attached hydrogens (tertiary/aromatic N) is 1. The van der Waals surface area contributed by atoms with Gasteiger partial charge in [-0.25, -0.2) is 8.42 Å². The van der Waals surface area contributed by atoms with Crippen LogP contribution in [0, 0.1) is 6.92 Å². The molecule has 0 bridgehead atoms. The largest absolute Gasteiger partial charge is 0.480 e. The Balaban J connectivity index is 2.35. The minimum absolute atomic E-state index is 0.00503. The van der Waals surface area contributed by atoms with E-state index < -0.39 is 22.0 Å². The van der Waals surface area contributed by atoms with Crippen LogP contribution in [0.25, 0.3) is 0 Å². The number of carboxylic acids is 1. The average Bonchev–Trinajstić information content (AvgIpc) is 2.53. The molecule has 2 aromatic rings. The number of likely N-dealkylation sites (N-methyl/N-ethyl adjacent to an activating group) is 1. The summed E-state index contributed by atoms with van der Waals surface area (Å²) < 4.78 is 26.3. The van der Waals surface area contributed by atoms with Crippen LogP contribution in [0.2, 0.25) is 5.02 Å². The first-order valence-electron chi connectivity index (χ1n) is 7.24. The fourth-order valence-electron chi connectivity index (χ4n) is 2.36. The third-order valence-electron chi connectivity index (χ3n) is 3.89. The maximum Gasteiger partial charge on any atom is 0.322 e. The SMILES string of the molecule is Cc1ccccc1C[C@H](C(=O)O)N(C)S(=O)(=O)c1ccc(Cl)cc1. The number of sulfonamides is 1. The van der Waals surface area contributed by atoms with Gasteiger partial charge in [0.15, 0.2) is 0 Å². The summed E-state index contributed by atoms with van der Waals surface area (Å²) in [4.78, 5) is 11.7. The van der Waals surface area contributed by atoms with E-state index in [-0.39, 0.29) is 11.3 Å². The highest BCUT2D eigenvalue weighted by Gasteiger charge is 2.33. The van der Waals surface area contributed by atoms with Crippen molar-refractivity contribution in [2.24, 2.45) is 0 Å². The molecule has 0 aliphatic heterocycles. The summed E-state index contributed by atoms with van der Waals surface area (Å²) in [6.07, 6.45) is 0.0886. The molecule has 128 valence electrons. The van der Waals surface area contributed by atoms with Gasteiger partial charge in [0.1, 0.15) is 6.04 Å². The Hall–Kier alpha value is -1.89. The fraction of sp³-hybridized carbons (Fsp3) is 0.235. The van der Waals surface area contributed by atoms with Crippen LogP contribution < -0.4 is 0 Å². The van der Waals surface area contributed by atoms with Gasteiger partial charge in [0, 0.05) is 12.1 Å². The van der Waals surface area contributed by atoms with Crippen LogP contribution in [0.1, 0.15) is 11.1 Å². The van der Waals surface area contributed by atoms with E-state index in [1.165, 1.54) is 31.3 Å². The first-order chi connectivity index (χ1) is 11.2. The molecule has 1 atom stereocenters. The monoisotopic (exact) mass is 367 g/mol. The number of aliphatic carboxylic acids is 1. The zero-order chi connectivity index (χ0) is 17.9. The van der Waals surface area contributed by atoms with Crippen molar-refractivity contribution in [1.29, 1.82) is 0 Å². The molecule has 24 heavy (non-hydrogen) atoms. The van der Waals surface area contributed by atoms with Crippen LogP contribution >= 0.6 is 11.6 Å². The van der Waals surface area contributed by atoms with Crippen molar-refractivity contribution >= 4 is 27.6 Å². The van der Waals surface area contributed by atoms with Gasteiger partial charge in [0.05, 0.1) is 4.90 Å². The van der Waals surface area contributed by atoms with Crippen molar-refractivity contribution in [3.63, 3.8) is 0 Å². The van der Waals surface area contributed by atoms with Gasteiger partial charge in [-0.1, -0.05) is 35.9 Å². The summed E-state index contributed by atoms with van der Waals surface area (Å²) in [5.41, 5.74) is 1.71. The first kappa shape index (κ1) is 18.4. The number of aryl methyl sites for hydroxylation is 1. The van der Waals surface area contributed by atoms with Crippen molar-refractivity contribution in [2.45, 2.75) is 24.3 Å². The topological polar surface area (TPSA) is 74.7 Å². The zero-order valence-electron chi connectivity index (χ0n) is 13.3. The molecule has 0 fully saturated rings. The average molecular weight is 368 g/mol. The Morgan fingerprint density at radius 3 is 2.29 bits per heavy atom. The zero-order valence-corrected chi connectivity index (χ0v) is 14.9. The van der Waals surface area contributed by atoms with Crippen molar-refractivity contribution in [3.05, 3.63) is 64.7 Å². The molecular weight excluding hydrogens is 350 g/mol. The molecule has 0 heterocycles. The highest BCUT2D eigenvalue weighted by atomic mass is 35.5. The van der Waals surface area contributed by atoms with E-state index >= 15 is 0 Å². The number of rotatable bonds is 6. The maximum atomic E-state index is 12.7. The summed E-state index contributed by atoms with van der Waals surface area (Å²) in [5.74, 6) is -1.20. The predicted octanol–water partition coefficient (Wildman–Crippen LogP) is 2.96. The van der Waals surface area contributed by atoms with Gasteiger partial charge in [-0.15, -0.1) is 0 Å². The van der Waals surface area contributed by atoms with Crippen LogP contribution in [0.3, 0.4) is 0 Å². The van der Waals surface area contributed by atoms with E-state index in [1.54, 1.807) is 12.1 Å². The normalized spacial score (nSPS) is 13.0. The van der Waals surface area contributed by atoms with Gasteiger partial charge < -0.3 is 5.11 Å². The van der Waals surface area contributed by atoms with Gasteiger partial charge in [-0.05, 0) is 48.7 Å². The second-order valence-corrected chi connectivity index (χ2v) is 7.89. The standard InChI is InChI=1S/C17H18ClNO4S/c1-12-5-3-4-6-13(12)11-16(17(20)21)19(2)24(22,23)15-9-7-14(18)8-10-15/h3-10,16H,11H2,1-2H3,(H,20,21)/t16-/m1/s1. The molecule has 0 spiro atoms. The van der Waals surface area contributed by atoms with Crippen molar-refractivity contribution in [2.75, 3.05) is 7.05 Å². The number of carboxylic acid groups (broad SMARTS) is 1. The summed E-state index contributed by atoms with van der Waals surface area (Å²) in [6.45, 7) is 1.86. The number of benzene rings is 2. The van der Waals surface area contributed by atoms with Gasteiger partial charge in [-0.3, -0.25) is 4.79 Å². The molecule has 0 unspecified atom stereocenters. The lowest BCUT2D eigenvalue weighted by molar-refractivity contribution is -0.141. The molecule has 0 aliphatic carbocycles. The van der Waals surface area contributed by atoms with Crippen LogP contribution in [-0.2, 0) is 21.2 Å². The third kappa shape index (κ3) is 3.95.